The molecule has 0 bridgehead atoms. The molecule has 18 rings (SSSR count). The molecule has 1 aliphatic rings. The van der Waals surface area contributed by atoms with Gasteiger partial charge in [0.15, 0.2) is 5.82 Å². The van der Waals surface area contributed by atoms with Crippen LogP contribution >= 0.6 is 0 Å². The van der Waals surface area contributed by atoms with Crippen molar-refractivity contribution >= 4 is 87.5 Å². The van der Waals surface area contributed by atoms with Crippen LogP contribution < -0.4 is 0 Å². The van der Waals surface area contributed by atoms with E-state index in [1.165, 1.54) is 60.5 Å². The molecule has 5 aromatic heterocycles. The van der Waals surface area contributed by atoms with Crippen LogP contribution in [0.25, 0.3) is 149 Å². The van der Waals surface area contributed by atoms with Crippen molar-refractivity contribution in [2.24, 2.45) is 0 Å². The molecule has 1 unspecified atom stereocenters. The van der Waals surface area contributed by atoms with Gasteiger partial charge in [-0.3, -0.25) is 0 Å². The van der Waals surface area contributed by atoms with Gasteiger partial charge in [0.05, 0.1) is 44.2 Å². The summed E-state index contributed by atoms with van der Waals surface area (Å²) in [5.41, 5.74) is 23.5. The van der Waals surface area contributed by atoms with Crippen molar-refractivity contribution < 1.29 is 4.42 Å². The van der Waals surface area contributed by atoms with Crippen LogP contribution in [0.1, 0.15) is 29.0 Å². The molecule has 12 aromatic carbocycles. The summed E-state index contributed by atoms with van der Waals surface area (Å²) in [5, 5.41) is 8.84. The van der Waals surface area contributed by atoms with E-state index in [4.69, 9.17) is 14.4 Å². The molecule has 1 atom stereocenters. The Labute approximate surface area is 495 Å². The maximum absolute atomic E-state index is 6.96. The number of fused-ring (bicyclic) bond motifs is 15. The van der Waals surface area contributed by atoms with Crippen LogP contribution in [0.3, 0.4) is 0 Å². The van der Waals surface area contributed by atoms with Crippen LogP contribution in [0.2, 0.25) is 0 Å². The Morgan fingerprint density at radius 1 is 0.360 bits per heavy atom. The molecule has 0 aliphatic heterocycles. The zero-order chi connectivity index (χ0) is 56.4. The molecule has 6 nitrogen and oxygen atoms in total. The van der Waals surface area contributed by atoms with E-state index in [-0.39, 0.29) is 0 Å². The fraction of sp³-hybridized carbons (Fsp3) is 0.0500. The van der Waals surface area contributed by atoms with Crippen molar-refractivity contribution in [3.05, 3.63) is 296 Å². The van der Waals surface area contributed by atoms with E-state index in [9.17, 15) is 0 Å². The largest absolute Gasteiger partial charge is 0.438 e. The number of rotatable bonds is 9. The molecule has 0 spiro atoms. The summed E-state index contributed by atoms with van der Waals surface area (Å²) in [5.74, 6) is 1.05. The number of benzene rings is 12. The molecule has 0 saturated carbocycles. The van der Waals surface area contributed by atoms with E-state index in [2.05, 4.69) is 293 Å². The lowest BCUT2D eigenvalue weighted by Crippen LogP contribution is -2.12. The summed E-state index contributed by atoms with van der Waals surface area (Å²) in [4.78, 5) is 11.0. The van der Waals surface area contributed by atoms with Crippen LogP contribution in [0.4, 0.5) is 0 Å². The Morgan fingerprint density at radius 2 is 0.860 bits per heavy atom. The molecule has 1 aliphatic carbocycles. The van der Waals surface area contributed by atoms with Gasteiger partial charge in [0, 0.05) is 65.9 Å². The Kier molecular flexibility index (Phi) is 10.8. The van der Waals surface area contributed by atoms with Crippen LogP contribution in [-0.4, -0.2) is 23.7 Å². The highest BCUT2D eigenvalue weighted by molar-refractivity contribution is 6.16. The first kappa shape index (κ1) is 48.5. The zero-order valence-electron chi connectivity index (χ0n) is 46.9. The molecular weight excluding hydrogens is 1050 g/mol. The molecule has 0 radical (unpaired) electrons. The maximum atomic E-state index is 6.96. The van der Waals surface area contributed by atoms with Gasteiger partial charge in [-0.25, -0.2) is 4.98 Å². The fourth-order valence-electron chi connectivity index (χ4n) is 14.4. The third kappa shape index (κ3) is 7.59. The second kappa shape index (κ2) is 19.2. The van der Waals surface area contributed by atoms with Crippen LogP contribution in [0.15, 0.2) is 283 Å². The average molecular weight is 1100 g/mol. The van der Waals surface area contributed by atoms with Gasteiger partial charge in [0.1, 0.15) is 5.58 Å². The van der Waals surface area contributed by atoms with E-state index in [1.54, 1.807) is 0 Å². The van der Waals surface area contributed by atoms with Crippen LogP contribution in [0, 0.1) is 0 Å². The van der Waals surface area contributed by atoms with Gasteiger partial charge >= 0.3 is 0 Å². The second-order valence-corrected chi connectivity index (χ2v) is 23.2. The van der Waals surface area contributed by atoms with E-state index in [0.29, 0.717) is 17.5 Å². The Bertz CT molecular complexity index is 5570. The van der Waals surface area contributed by atoms with Gasteiger partial charge in [0.2, 0.25) is 5.71 Å². The number of hydrogen-bond donors (Lipinski definition) is 0. The number of hydrogen-bond acceptors (Lipinski definition) is 3. The molecule has 0 saturated heterocycles. The molecule has 404 valence electrons. The highest BCUT2D eigenvalue weighted by Crippen LogP contribution is 2.46. The minimum atomic E-state index is 0.455. The van der Waals surface area contributed by atoms with Crippen molar-refractivity contribution in [1.82, 2.24) is 23.7 Å². The van der Waals surface area contributed by atoms with Crippen molar-refractivity contribution in [2.75, 3.05) is 0 Å². The van der Waals surface area contributed by atoms with Crippen molar-refractivity contribution in [1.29, 1.82) is 0 Å². The summed E-state index contributed by atoms with van der Waals surface area (Å²) in [6, 6.07) is 102. The SMILES string of the molecule is c1ccc(CCC2Cc3ccccc3-c3cc(-c4ccc5c(c4)c4ccccc4n5-c4ccc5oc6nc(-c7ccc8c(c7)c7ccccc7n8-c7ccccc7)nc(-c7ccc8c(c7)c7ccccc7n8-c7ccccc7)c6c5c4)ccc32)cc1. The van der Waals surface area contributed by atoms with Gasteiger partial charge in [0.25, 0.3) is 0 Å². The highest BCUT2D eigenvalue weighted by atomic mass is 16.3. The second-order valence-electron chi connectivity index (χ2n) is 23.2. The van der Waals surface area contributed by atoms with E-state index in [1.807, 2.05) is 0 Å². The Morgan fingerprint density at radius 3 is 1.51 bits per heavy atom. The zero-order valence-corrected chi connectivity index (χ0v) is 46.9. The molecule has 0 amide bonds. The maximum Gasteiger partial charge on any atom is 0.231 e. The van der Waals surface area contributed by atoms with Crippen molar-refractivity contribution in [2.45, 2.75) is 25.2 Å². The van der Waals surface area contributed by atoms with Crippen LogP contribution in [-0.2, 0) is 12.8 Å². The lowest BCUT2D eigenvalue weighted by atomic mass is 9.75. The smallest absolute Gasteiger partial charge is 0.231 e. The third-order valence-corrected chi connectivity index (χ3v) is 18.4. The van der Waals surface area contributed by atoms with Gasteiger partial charge in [-0.1, -0.05) is 170 Å². The molecule has 5 heterocycles. The van der Waals surface area contributed by atoms with Gasteiger partial charge in [-0.15, -0.1) is 0 Å². The molecule has 17 aromatic rings. The number of aryl methyl sites for hydroxylation is 1. The standard InChI is InChI=1S/C80H53N5O/c1-4-18-50(19-5-1)32-33-54-44-53-20-10-11-25-60(53)65-45-51(34-39-61(54)65)52-35-40-75-66(46-52)62-26-14-17-31-72(62)85(75)59-38-43-76-69(49-59)77-78(55-36-41-73-67(47-55)63-27-12-15-29-70(63)83(73)57-21-6-2-7-22-57)81-79(82-80(77)86-76)56-37-42-74-68(48-56)64-28-13-16-30-71(64)84(74)58-23-8-3-9-24-58/h1-31,34-43,45-49,54H,32-33,44H2. The summed E-state index contributed by atoms with van der Waals surface area (Å²) < 4.78 is 14.1. The lowest BCUT2D eigenvalue weighted by molar-refractivity contribution is 0.616. The number of furan rings is 1. The number of aromatic nitrogens is 5. The average Bonchev–Trinajstić information content (AvgIpc) is 2.38. The first-order chi connectivity index (χ1) is 42.6. The van der Waals surface area contributed by atoms with E-state index in [0.717, 1.165) is 113 Å². The molecule has 0 fully saturated rings. The molecule has 0 N–H and O–H groups in total. The number of nitrogens with zero attached hydrogens (tertiary/aromatic N) is 5. The molecule has 6 heteroatoms. The van der Waals surface area contributed by atoms with Gasteiger partial charge in [-0.2, -0.15) is 4.98 Å². The summed E-state index contributed by atoms with van der Waals surface area (Å²) in [7, 11) is 0. The third-order valence-electron chi connectivity index (χ3n) is 18.4. The van der Waals surface area contributed by atoms with Crippen molar-refractivity contribution in [3.8, 4) is 62.0 Å². The fourth-order valence-corrected chi connectivity index (χ4v) is 14.4. The summed E-state index contributed by atoms with van der Waals surface area (Å²) >= 11 is 0. The van der Waals surface area contributed by atoms with Crippen molar-refractivity contribution in [3.63, 3.8) is 0 Å². The first-order valence-corrected chi connectivity index (χ1v) is 29.9. The quantitative estimate of drug-likeness (QED) is 0.145. The monoisotopic (exact) mass is 1100 g/mol. The minimum Gasteiger partial charge on any atom is -0.438 e. The predicted octanol–water partition coefficient (Wildman–Crippen LogP) is 20.6. The highest BCUT2D eigenvalue weighted by Gasteiger charge is 2.27. The molecule has 86 heavy (non-hydrogen) atoms. The Hall–Kier alpha value is -11.1. The predicted molar refractivity (Wildman–Crippen MR) is 355 cm³/mol. The Balaban J connectivity index is 0.803. The lowest BCUT2D eigenvalue weighted by Gasteiger charge is -2.28. The topological polar surface area (TPSA) is 53.7 Å². The normalized spacial score (nSPS) is 13.3. The molecular formula is C80H53N5O. The van der Waals surface area contributed by atoms with Gasteiger partial charge < -0.3 is 18.1 Å². The summed E-state index contributed by atoms with van der Waals surface area (Å²) in [6.45, 7) is 0. The van der Waals surface area contributed by atoms with E-state index >= 15 is 0 Å². The number of para-hydroxylation sites is 5. The summed E-state index contributed by atoms with van der Waals surface area (Å²) in [6.07, 6.45) is 3.24. The van der Waals surface area contributed by atoms with Gasteiger partial charge in [-0.05, 0) is 173 Å². The van der Waals surface area contributed by atoms with Crippen LogP contribution in [0.5, 0.6) is 0 Å². The van der Waals surface area contributed by atoms with E-state index < -0.39 is 0 Å². The minimum absolute atomic E-state index is 0.455. The first-order valence-electron chi connectivity index (χ1n) is 29.9.